The standard InChI is InChI=1S/C20H20N2O3/c1-20(19(24)25-2)11-15-14-8-3-4-9-16(14)21-18(15)17(22-20)12-6-5-7-13(23)10-12/h3-10,17,21-23H,11H2,1-2H3. The zero-order chi connectivity index (χ0) is 17.6. The molecule has 5 nitrogen and oxygen atoms in total. The Labute approximate surface area is 145 Å². The van der Waals surface area contributed by atoms with Crippen LogP contribution in [-0.2, 0) is 16.0 Å². The summed E-state index contributed by atoms with van der Waals surface area (Å²) in [5.41, 5.74) is 3.21. The lowest BCUT2D eigenvalue weighted by molar-refractivity contribution is -0.148. The monoisotopic (exact) mass is 336 g/mol. The van der Waals surface area contributed by atoms with Crippen molar-refractivity contribution in [2.75, 3.05) is 7.11 Å². The van der Waals surface area contributed by atoms with Gasteiger partial charge in [-0.1, -0.05) is 30.3 Å². The third-order valence-electron chi connectivity index (χ3n) is 4.97. The van der Waals surface area contributed by atoms with Crippen molar-refractivity contribution in [2.45, 2.75) is 24.9 Å². The zero-order valence-electron chi connectivity index (χ0n) is 14.2. The average Bonchev–Trinajstić information content (AvgIpc) is 2.98. The van der Waals surface area contributed by atoms with Crippen LogP contribution in [0.3, 0.4) is 0 Å². The second-order valence-corrected chi connectivity index (χ2v) is 6.74. The summed E-state index contributed by atoms with van der Waals surface area (Å²) >= 11 is 0. The fraction of sp³-hybridized carbons (Fsp3) is 0.250. The number of methoxy groups -OCH3 is 1. The van der Waals surface area contributed by atoms with Gasteiger partial charge in [-0.15, -0.1) is 0 Å². The molecule has 2 unspecified atom stereocenters. The number of aromatic hydroxyl groups is 1. The van der Waals surface area contributed by atoms with E-state index in [0.717, 1.165) is 27.7 Å². The molecule has 0 spiro atoms. The van der Waals surface area contributed by atoms with Crippen molar-refractivity contribution in [3.8, 4) is 5.75 Å². The maximum atomic E-state index is 12.5. The molecule has 25 heavy (non-hydrogen) atoms. The predicted molar refractivity (Wildman–Crippen MR) is 95.5 cm³/mol. The molecule has 0 amide bonds. The first kappa shape index (κ1) is 15.7. The van der Waals surface area contributed by atoms with Crippen molar-refractivity contribution in [3.63, 3.8) is 0 Å². The number of hydrogen-bond acceptors (Lipinski definition) is 4. The minimum Gasteiger partial charge on any atom is -0.508 e. The van der Waals surface area contributed by atoms with Crippen LogP contribution < -0.4 is 5.32 Å². The van der Waals surface area contributed by atoms with Gasteiger partial charge in [0, 0.05) is 23.0 Å². The number of carbonyl (C=O) groups is 1. The molecule has 1 aliphatic heterocycles. The smallest absolute Gasteiger partial charge is 0.326 e. The second kappa shape index (κ2) is 5.63. The number of fused-ring (bicyclic) bond motifs is 3. The van der Waals surface area contributed by atoms with Crippen LogP contribution in [0, 0.1) is 0 Å². The van der Waals surface area contributed by atoms with Crippen molar-refractivity contribution in [1.29, 1.82) is 0 Å². The highest BCUT2D eigenvalue weighted by molar-refractivity contribution is 5.88. The number of hydrogen-bond donors (Lipinski definition) is 3. The molecule has 0 bridgehead atoms. The molecule has 2 aromatic carbocycles. The summed E-state index contributed by atoms with van der Waals surface area (Å²) in [5.74, 6) is -0.101. The van der Waals surface area contributed by atoms with Gasteiger partial charge in [0.15, 0.2) is 0 Å². The zero-order valence-corrected chi connectivity index (χ0v) is 14.2. The van der Waals surface area contributed by atoms with Crippen LogP contribution in [0.1, 0.15) is 29.8 Å². The molecule has 0 aliphatic carbocycles. The van der Waals surface area contributed by atoms with Gasteiger partial charge in [-0.2, -0.15) is 0 Å². The van der Waals surface area contributed by atoms with Crippen molar-refractivity contribution < 1.29 is 14.6 Å². The quantitative estimate of drug-likeness (QED) is 0.629. The van der Waals surface area contributed by atoms with Crippen molar-refractivity contribution in [3.05, 3.63) is 65.4 Å². The summed E-state index contributed by atoms with van der Waals surface area (Å²) in [7, 11) is 1.41. The number of rotatable bonds is 2. The molecule has 0 saturated carbocycles. The normalized spacial score (nSPS) is 22.6. The van der Waals surface area contributed by atoms with E-state index in [2.05, 4.69) is 16.4 Å². The second-order valence-electron chi connectivity index (χ2n) is 6.74. The number of aromatic nitrogens is 1. The molecule has 0 saturated heterocycles. The Hall–Kier alpha value is -2.79. The van der Waals surface area contributed by atoms with E-state index in [-0.39, 0.29) is 17.8 Å². The number of nitrogens with one attached hydrogen (secondary N) is 2. The summed E-state index contributed by atoms with van der Waals surface area (Å²) in [4.78, 5) is 15.9. The highest BCUT2D eigenvalue weighted by Gasteiger charge is 2.43. The van der Waals surface area contributed by atoms with Crippen LogP contribution in [0.2, 0.25) is 0 Å². The molecule has 5 heteroatoms. The summed E-state index contributed by atoms with van der Waals surface area (Å²) < 4.78 is 5.04. The Kier molecular flexibility index (Phi) is 3.54. The summed E-state index contributed by atoms with van der Waals surface area (Å²) in [6, 6.07) is 14.9. The van der Waals surface area contributed by atoms with Crippen LogP contribution in [0.15, 0.2) is 48.5 Å². The van der Waals surface area contributed by atoms with Gasteiger partial charge < -0.3 is 14.8 Å². The number of para-hydroxylation sites is 1. The van der Waals surface area contributed by atoms with Gasteiger partial charge in [0.05, 0.1) is 13.2 Å². The lowest BCUT2D eigenvalue weighted by Gasteiger charge is -2.37. The van der Waals surface area contributed by atoms with E-state index in [9.17, 15) is 9.90 Å². The van der Waals surface area contributed by atoms with Gasteiger partial charge in [0.1, 0.15) is 11.3 Å². The van der Waals surface area contributed by atoms with Crippen molar-refractivity contribution in [2.24, 2.45) is 0 Å². The van der Waals surface area contributed by atoms with Crippen molar-refractivity contribution >= 4 is 16.9 Å². The Balaban J connectivity index is 1.93. The number of aromatic amines is 1. The van der Waals surface area contributed by atoms with E-state index in [1.54, 1.807) is 18.2 Å². The molecule has 3 aromatic rings. The predicted octanol–water partition coefficient (Wildman–Crippen LogP) is 3.04. The molecular formula is C20H20N2O3. The van der Waals surface area contributed by atoms with Crippen LogP contribution in [-0.4, -0.2) is 28.7 Å². The SMILES string of the molecule is COC(=O)C1(C)Cc2c([nH]c3ccccc23)C(c2cccc(O)c2)N1. The lowest BCUT2D eigenvalue weighted by atomic mass is 9.82. The average molecular weight is 336 g/mol. The van der Waals surface area contributed by atoms with Gasteiger partial charge in [0.2, 0.25) is 0 Å². The molecule has 128 valence electrons. The fourth-order valence-corrected chi connectivity index (χ4v) is 3.76. The molecule has 1 aromatic heterocycles. The molecule has 1 aliphatic rings. The molecule has 2 atom stereocenters. The first-order valence-corrected chi connectivity index (χ1v) is 8.26. The highest BCUT2D eigenvalue weighted by atomic mass is 16.5. The van der Waals surface area contributed by atoms with Gasteiger partial charge in [-0.05, 0) is 36.2 Å². The lowest BCUT2D eigenvalue weighted by Crippen LogP contribution is -2.56. The number of ether oxygens (including phenoxy) is 1. The summed E-state index contributed by atoms with van der Waals surface area (Å²) in [5, 5.41) is 14.4. The molecule has 4 rings (SSSR count). The van der Waals surface area contributed by atoms with Gasteiger partial charge in [-0.3, -0.25) is 10.1 Å². The maximum absolute atomic E-state index is 12.5. The first-order valence-electron chi connectivity index (χ1n) is 8.26. The number of H-pyrrole nitrogens is 1. The third-order valence-corrected chi connectivity index (χ3v) is 4.97. The topological polar surface area (TPSA) is 74.4 Å². The van der Waals surface area contributed by atoms with Crippen LogP contribution >= 0.6 is 0 Å². The number of phenols is 1. The molecular weight excluding hydrogens is 316 g/mol. The Morgan fingerprint density at radius 3 is 2.80 bits per heavy atom. The van der Waals surface area contributed by atoms with Gasteiger partial charge >= 0.3 is 5.97 Å². The Morgan fingerprint density at radius 1 is 1.24 bits per heavy atom. The van der Waals surface area contributed by atoms with E-state index in [4.69, 9.17) is 4.74 Å². The summed E-state index contributed by atoms with van der Waals surface area (Å²) in [6.07, 6.45) is 0.536. The maximum Gasteiger partial charge on any atom is 0.326 e. The minimum atomic E-state index is -0.844. The Bertz CT molecular complexity index is 962. The first-order chi connectivity index (χ1) is 12.0. The van der Waals surface area contributed by atoms with Crippen LogP contribution in [0.5, 0.6) is 5.75 Å². The van der Waals surface area contributed by atoms with E-state index in [1.165, 1.54) is 7.11 Å². The van der Waals surface area contributed by atoms with E-state index >= 15 is 0 Å². The molecule has 3 N–H and O–H groups in total. The van der Waals surface area contributed by atoms with Crippen molar-refractivity contribution in [1.82, 2.24) is 10.3 Å². The molecule has 2 heterocycles. The van der Waals surface area contributed by atoms with E-state index in [0.29, 0.717) is 6.42 Å². The Morgan fingerprint density at radius 2 is 2.04 bits per heavy atom. The molecule has 0 radical (unpaired) electrons. The number of esters is 1. The van der Waals surface area contributed by atoms with Crippen LogP contribution in [0.25, 0.3) is 10.9 Å². The summed E-state index contributed by atoms with van der Waals surface area (Å²) in [6.45, 7) is 1.86. The molecule has 0 fully saturated rings. The highest BCUT2D eigenvalue weighted by Crippen LogP contribution is 2.39. The minimum absolute atomic E-state index is 0.197. The number of carbonyl (C=O) groups excluding carboxylic acids is 1. The van der Waals surface area contributed by atoms with Gasteiger partial charge in [0.25, 0.3) is 0 Å². The number of benzene rings is 2. The largest absolute Gasteiger partial charge is 0.508 e. The number of phenolic OH excluding ortho intramolecular Hbond substituents is 1. The van der Waals surface area contributed by atoms with E-state index < -0.39 is 5.54 Å². The fourth-order valence-electron chi connectivity index (χ4n) is 3.76. The third kappa shape index (κ3) is 2.48. The van der Waals surface area contributed by atoms with Crippen LogP contribution in [0.4, 0.5) is 0 Å². The van der Waals surface area contributed by atoms with E-state index in [1.807, 2.05) is 31.2 Å². The van der Waals surface area contributed by atoms with Gasteiger partial charge in [-0.25, -0.2) is 0 Å².